The summed E-state index contributed by atoms with van der Waals surface area (Å²) < 4.78 is 7.31. The number of ether oxygens (including phenoxy) is 1. The number of aromatic nitrogens is 2. The van der Waals surface area contributed by atoms with Crippen molar-refractivity contribution in [2.24, 2.45) is 5.84 Å². The fraction of sp³-hybridized carbons (Fsp3) is 0.188. The molecule has 1 atom stereocenters. The van der Waals surface area contributed by atoms with Gasteiger partial charge in [0.25, 0.3) is 0 Å². The first kappa shape index (κ1) is 13.6. The summed E-state index contributed by atoms with van der Waals surface area (Å²) in [7, 11) is 0. The van der Waals surface area contributed by atoms with E-state index in [2.05, 4.69) is 10.5 Å². The second kappa shape index (κ2) is 5.95. The van der Waals surface area contributed by atoms with Crippen LogP contribution in [0.4, 0.5) is 0 Å². The standard InChI is InChI=1S/C16H18N4O/c1-2-21-13-8-6-12(7-9-13)16(19-17)14-11-18-20-10-4-3-5-15(14)20/h3-11,16,19H,2,17H2,1H3. The molecule has 3 N–H and O–H groups in total. The van der Waals surface area contributed by atoms with E-state index in [0.29, 0.717) is 6.61 Å². The van der Waals surface area contributed by atoms with Crippen LogP contribution in [0.2, 0.25) is 0 Å². The second-order valence-electron chi connectivity index (χ2n) is 4.73. The quantitative estimate of drug-likeness (QED) is 0.556. The molecule has 3 rings (SSSR count). The zero-order chi connectivity index (χ0) is 14.7. The Morgan fingerprint density at radius 2 is 2.05 bits per heavy atom. The van der Waals surface area contributed by atoms with E-state index in [9.17, 15) is 0 Å². The zero-order valence-electron chi connectivity index (χ0n) is 11.9. The van der Waals surface area contributed by atoms with Crippen molar-refractivity contribution in [2.75, 3.05) is 6.61 Å². The van der Waals surface area contributed by atoms with Crippen molar-refractivity contribution >= 4 is 5.52 Å². The van der Waals surface area contributed by atoms with Gasteiger partial charge >= 0.3 is 0 Å². The molecule has 5 heteroatoms. The molecule has 0 radical (unpaired) electrons. The molecule has 2 heterocycles. The van der Waals surface area contributed by atoms with Crippen molar-refractivity contribution in [3.63, 3.8) is 0 Å². The highest BCUT2D eigenvalue weighted by Gasteiger charge is 2.17. The van der Waals surface area contributed by atoms with Crippen LogP contribution in [0.3, 0.4) is 0 Å². The predicted octanol–water partition coefficient (Wildman–Crippen LogP) is 2.29. The van der Waals surface area contributed by atoms with Gasteiger partial charge in [0.1, 0.15) is 5.75 Å². The summed E-state index contributed by atoms with van der Waals surface area (Å²) in [6, 6.07) is 13.8. The summed E-state index contributed by atoms with van der Waals surface area (Å²) in [5.41, 5.74) is 6.02. The second-order valence-corrected chi connectivity index (χ2v) is 4.73. The van der Waals surface area contributed by atoms with Crippen LogP contribution in [0.25, 0.3) is 5.52 Å². The number of fused-ring (bicyclic) bond motifs is 1. The summed E-state index contributed by atoms with van der Waals surface area (Å²) in [5.74, 6) is 6.62. The fourth-order valence-corrected chi connectivity index (χ4v) is 2.47. The van der Waals surface area contributed by atoms with Crippen LogP contribution in [-0.2, 0) is 0 Å². The number of rotatable bonds is 5. The van der Waals surface area contributed by atoms with Crippen molar-refractivity contribution in [1.29, 1.82) is 0 Å². The van der Waals surface area contributed by atoms with Gasteiger partial charge in [0.05, 0.1) is 24.4 Å². The van der Waals surface area contributed by atoms with E-state index in [0.717, 1.165) is 22.4 Å². The number of nitrogens with two attached hydrogens (primary N) is 1. The molecular weight excluding hydrogens is 264 g/mol. The van der Waals surface area contributed by atoms with E-state index in [4.69, 9.17) is 10.6 Å². The number of hydrogen-bond donors (Lipinski definition) is 2. The minimum Gasteiger partial charge on any atom is -0.494 e. The normalized spacial score (nSPS) is 12.5. The van der Waals surface area contributed by atoms with Crippen LogP contribution in [0, 0.1) is 0 Å². The van der Waals surface area contributed by atoms with Gasteiger partial charge in [0.15, 0.2) is 0 Å². The van der Waals surface area contributed by atoms with Gasteiger partial charge in [-0.25, -0.2) is 9.94 Å². The molecule has 5 nitrogen and oxygen atoms in total. The molecule has 0 aliphatic carbocycles. The van der Waals surface area contributed by atoms with Gasteiger partial charge < -0.3 is 4.74 Å². The van der Waals surface area contributed by atoms with Gasteiger partial charge in [-0.1, -0.05) is 18.2 Å². The molecule has 0 aliphatic rings. The Balaban J connectivity index is 1.97. The number of pyridine rings is 1. The Hall–Kier alpha value is -2.37. The first-order valence-electron chi connectivity index (χ1n) is 6.94. The predicted molar refractivity (Wildman–Crippen MR) is 82.0 cm³/mol. The smallest absolute Gasteiger partial charge is 0.119 e. The Kier molecular flexibility index (Phi) is 3.85. The number of nitrogens with zero attached hydrogens (tertiary/aromatic N) is 2. The van der Waals surface area contributed by atoms with Gasteiger partial charge in [0, 0.05) is 11.8 Å². The fourth-order valence-electron chi connectivity index (χ4n) is 2.47. The minimum absolute atomic E-state index is 0.111. The molecule has 2 aromatic heterocycles. The van der Waals surface area contributed by atoms with Crippen molar-refractivity contribution in [1.82, 2.24) is 15.0 Å². The summed E-state index contributed by atoms with van der Waals surface area (Å²) in [4.78, 5) is 0. The van der Waals surface area contributed by atoms with Gasteiger partial charge in [0.2, 0.25) is 0 Å². The summed E-state index contributed by atoms with van der Waals surface area (Å²) in [5, 5.41) is 4.36. The molecule has 0 spiro atoms. The maximum Gasteiger partial charge on any atom is 0.119 e. The number of hydrazine groups is 1. The highest BCUT2D eigenvalue weighted by Crippen LogP contribution is 2.26. The average molecular weight is 282 g/mol. The SMILES string of the molecule is CCOc1ccc(C(NN)c2cnn3ccccc23)cc1. The molecule has 1 aromatic carbocycles. The number of hydrogen-bond acceptors (Lipinski definition) is 4. The summed E-state index contributed by atoms with van der Waals surface area (Å²) in [6.45, 7) is 2.63. The van der Waals surface area contributed by atoms with Gasteiger partial charge in [-0.15, -0.1) is 0 Å². The van der Waals surface area contributed by atoms with Gasteiger partial charge in [-0.05, 0) is 36.8 Å². The maximum absolute atomic E-state index is 5.77. The lowest BCUT2D eigenvalue weighted by Crippen LogP contribution is -2.28. The molecule has 0 amide bonds. The third kappa shape index (κ3) is 2.61. The van der Waals surface area contributed by atoms with Gasteiger partial charge in [-0.2, -0.15) is 5.10 Å². The van der Waals surface area contributed by atoms with Crippen LogP contribution >= 0.6 is 0 Å². The summed E-state index contributed by atoms with van der Waals surface area (Å²) >= 11 is 0. The summed E-state index contributed by atoms with van der Waals surface area (Å²) in [6.07, 6.45) is 3.76. The molecule has 3 aromatic rings. The van der Waals surface area contributed by atoms with E-state index in [1.165, 1.54) is 0 Å². The lowest BCUT2D eigenvalue weighted by molar-refractivity contribution is 0.340. The molecule has 0 saturated heterocycles. The monoisotopic (exact) mass is 282 g/mol. The van der Waals surface area contributed by atoms with E-state index < -0.39 is 0 Å². The molecule has 0 fully saturated rings. The van der Waals surface area contributed by atoms with Crippen molar-refractivity contribution < 1.29 is 4.74 Å². The van der Waals surface area contributed by atoms with Crippen molar-refractivity contribution in [3.05, 3.63) is 66.0 Å². The molecule has 21 heavy (non-hydrogen) atoms. The van der Waals surface area contributed by atoms with E-state index in [-0.39, 0.29) is 6.04 Å². The molecule has 0 aliphatic heterocycles. The van der Waals surface area contributed by atoms with Crippen LogP contribution < -0.4 is 16.0 Å². The minimum atomic E-state index is -0.111. The van der Waals surface area contributed by atoms with Crippen LogP contribution in [0.5, 0.6) is 5.75 Å². The van der Waals surface area contributed by atoms with E-state index in [1.807, 2.05) is 66.3 Å². The Morgan fingerprint density at radius 3 is 2.76 bits per heavy atom. The molecule has 1 unspecified atom stereocenters. The Bertz CT molecular complexity index is 720. The van der Waals surface area contributed by atoms with E-state index >= 15 is 0 Å². The average Bonchev–Trinajstić information content (AvgIpc) is 2.94. The maximum atomic E-state index is 5.77. The Labute approximate surface area is 123 Å². The van der Waals surface area contributed by atoms with Crippen LogP contribution in [0.15, 0.2) is 54.9 Å². The third-order valence-electron chi connectivity index (χ3n) is 3.46. The van der Waals surface area contributed by atoms with Crippen LogP contribution in [0.1, 0.15) is 24.1 Å². The lowest BCUT2D eigenvalue weighted by atomic mass is 10.0. The first-order valence-corrected chi connectivity index (χ1v) is 6.94. The third-order valence-corrected chi connectivity index (χ3v) is 3.46. The number of nitrogens with one attached hydrogen (secondary N) is 1. The van der Waals surface area contributed by atoms with E-state index in [1.54, 1.807) is 0 Å². The van der Waals surface area contributed by atoms with Crippen molar-refractivity contribution in [2.45, 2.75) is 13.0 Å². The first-order chi connectivity index (χ1) is 10.3. The van der Waals surface area contributed by atoms with Gasteiger partial charge in [-0.3, -0.25) is 5.84 Å². The molecule has 0 bridgehead atoms. The molecule has 108 valence electrons. The number of benzene rings is 1. The zero-order valence-corrected chi connectivity index (χ0v) is 11.9. The molecular formula is C16H18N4O. The lowest BCUT2D eigenvalue weighted by Gasteiger charge is -2.16. The highest BCUT2D eigenvalue weighted by atomic mass is 16.5. The van der Waals surface area contributed by atoms with Crippen LogP contribution in [-0.4, -0.2) is 16.2 Å². The van der Waals surface area contributed by atoms with Crippen molar-refractivity contribution in [3.8, 4) is 5.75 Å². The largest absolute Gasteiger partial charge is 0.494 e. The topological polar surface area (TPSA) is 64.6 Å². The Morgan fingerprint density at radius 1 is 1.24 bits per heavy atom. The molecule has 0 saturated carbocycles. The highest BCUT2D eigenvalue weighted by molar-refractivity contribution is 5.57.